The summed E-state index contributed by atoms with van der Waals surface area (Å²) in [4.78, 5) is 18.7. The van der Waals surface area contributed by atoms with Gasteiger partial charge in [-0.1, -0.05) is 12.2 Å². The summed E-state index contributed by atoms with van der Waals surface area (Å²) in [6.45, 7) is 14.4. The third kappa shape index (κ3) is 4.60. The number of piperazine rings is 1. The summed E-state index contributed by atoms with van der Waals surface area (Å²) in [5, 5.41) is 0. The van der Waals surface area contributed by atoms with Crippen LogP contribution in [0.1, 0.15) is 6.92 Å². The molecule has 19 heavy (non-hydrogen) atoms. The monoisotopic (exact) mass is 267 g/mol. The molecule has 0 radical (unpaired) electrons. The fraction of sp³-hybridized carbons (Fsp3) is 0.786. The van der Waals surface area contributed by atoms with Crippen LogP contribution < -0.4 is 0 Å². The minimum Gasteiger partial charge on any atom is -0.378 e. The number of carbonyl (C=O) groups is 1. The summed E-state index contributed by atoms with van der Waals surface area (Å²) in [6, 6.07) is 0. The lowest BCUT2D eigenvalue weighted by atomic mass is 10.2. The van der Waals surface area contributed by atoms with Crippen molar-refractivity contribution in [3.05, 3.63) is 12.2 Å². The molecule has 0 atom stereocenters. The van der Waals surface area contributed by atoms with Crippen molar-refractivity contribution in [1.29, 1.82) is 0 Å². The van der Waals surface area contributed by atoms with E-state index >= 15 is 0 Å². The Morgan fingerprint density at radius 1 is 1.00 bits per heavy atom. The SMILES string of the molecule is C=C(C)CN1CCN(CC(=O)N2CCOCC2)CC1. The lowest BCUT2D eigenvalue weighted by Gasteiger charge is -2.36. The van der Waals surface area contributed by atoms with E-state index in [1.165, 1.54) is 5.57 Å². The van der Waals surface area contributed by atoms with Gasteiger partial charge in [-0.25, -0.2) is 0 Å². The van der Waals surface area contributed by atoms with Crippen molar-refractivity contribution in [3.63, 3.8) is 0 Å². The summed E-state index contributed by atoms with van der Waals surface area (Å²) in [7, 11) is 0. The van der Waals surface area contributed by atoms with Gasteiger partial charge in [0.1, 0.15) is 0 Å². The van der Waals surface area contributed by atoms with Crippen LogP contribution in [-0.4, -0.2) is 86.2 Å². The molecule has 2 heterocycles. The van der Waals surface area contributed by atoms with Gasteiger partial charge < -0.3 is 9.64 Å². The minimum atomic E-state index is 0.247. The van der Waals surface area contributed by atoms with Crippen molar-refractivity contribution in [1.82, 2.24) is 14.7 Å². The van der Waals surface area contributed by atoms with Gasteiger partial charge in [0.2, 0.25) is 5.91 Å². The summed E-state index contributed by atoms with van der Waals surface area (Å²) in [6.07, 6.45) is 0. The quantitative estimate of drug-likeness (QED) is 0.674. The van der Waals surface area contributed by atoms with Crippen molar-refractivity contribution < 1.29 is 9.53 Å². The summed E-state index contributed by atoms with van der Waals surface area (Å²) >= 11 is 0. The molecule has 0 N–H and O–H groups in total. The molecule has 0 spiro atoms. The predicted molar refractivity (Wildman–Crippen MR) is 75.1 cm³/mol. The van der Waals surface area contributed by atoms with Gasteiger partial charge in [0, 0.05) is 45.8 Å². The minimum absolute atomic E-state index is 0.247. The third-order valence-corrected chi connectivity index (χ3v) is 3.68. The van der Waals surface area contributed by atoms with E-state index in [-0.39, 0.29) is 5.91 Å². The molecule has 1 amide bonds. The van der Waals surface area contributed by atoms with Gasteiger partial charge in [-0.2, -0.15) is 0 Å². The Morgan fingerprint density at radius 3 is 2.05 bits per heavy atom. The molecule has 0 bridgehead atoms. The number of morpholine rings is 1. The number of rotatable bonds is 4. The second-order valence-electron chi connectivity index (χ2n) is 5.50. The molecule has 2 fully saturated rings. The van der Waals surface area contributed by atoms with Gasteiger partial charge in [0.05, 0.1) is 19.8 Å². The van der Waals surface area contributed by atoms with Crippen LogP contribution >= 0.6 is 0 Å². The van der Waals surface area contributed by atoms with Crippen LogP contribution in [0.3, 0.4) is 0 Å². The Bertz CT molecular complexity index is 319. The topological polar surface area (TPSA) is 36.0 Å². The van der Waals surface area contributed by atoms with Crippen LogP contribution in [0.5, 0.6) is 0 Å². The number of hydrogen-bond acceptors (Lipinski definition) is 4. The number of amides is 1. The first-order valence-electron chi connectivity index (χ1n) is 7.10. The molecule has 2 aliphatic heterocycles. The maximum Gasteiger partial charge on any atom is 0.236 e. The molecule has 2 rings (SSSR count). The average molecular weight is 267 g/mol. The zero-order chi connectivity index (χ0) is 13.7. The molecule has 0 aliphatic carbocycles. The Hall–Kier alpha value is -0.910. The number of ether oxygens (including phenoxy) is 1. The molecule has 0 unspecified atom stereocenters. The van der Waals surface area contributed by atoms with Crippen LogP contribution in [0.25, 0.3) is 0 Å². The number of hydrogen-bond donors (Lipinski definition) is 0. The lowest BCUT2D eigenvalue weighted by Crippen LogP contribution is -2.51. The predicted octanol–water partition coefficient (Wildman–Crippen LogP) is 0.0389. The first kappa shape index (κ1) is 14.5. The van der Waals surface area contributed by atoms with E-state index in [0.717, 1.165) is 45.8 Å². The highest BCUT2D eigenvalue weighted by molar-refractivity contribution is 5.78. The molecule has 2 aliphatic rings. The van der Waals surface area contributed by atoms with Crippen LogP contribution in [0.4, 0.5) is 0 Å². The standard InChI is InChI=1S/C14H25N3O2/c1-13(2)11-15-3-5-16(6-4-15)12-14(18)17-7-9-19-10-8-17/h1,3-12H2,2H3. The average Bonchev–Trinajstić information content (AvgIpc) is 2.41. The second kappa shape index (κ2) is 7.03. The van der Waals surface area contributed by atoms with E-state index < -0.39 is 0 Å². The maximum absolute atomic E-state index is 12.1. The Morgan fingerprint density at radius 2 is 1.53 bits per heavy atom. The van der Waals surface area contributed by atoms with Crippen molar-refractivity contribution in [2.24, 2.45) is 0 Å². The molecule has 0 aromatic carbocycles. The van der Waals surface area contributed by atoms with E-state index in [0.29, 0.717) is 19.8 Å². The highest BCUT2D eigenvalue weighted by atomic mass is 16.5. The van der Waals surface area contributed by atoms with Crippen molar-refractivity contribution >= 4 is 5.91 Å². The van der Waals surface area contributed by atoms with Crippen LogP contribution in [0, 0.1) is 0 Å². The van der Waals surface area contributed by atoms with Gasteiger partial charge in [-0.3, -0.25) is 14.6 Å². The lowest BCUT2D eigenvalue weighted by molar-refractivity contribution is -0.136. The highest BCUT2D eigenvalue weighted by Crippen LogP contribution is 2.05. The van der Waals surface area contributed by atoms with Gasteiger partial charge in [-0.05, 0) is 6.92 Å². The van der Waals surface area contributed by atoms with E-state index in [2.05, 4.69) is 23.3 Å². The van der Waals surface area contributed by atoms with E-state index in [1.54, 1.807) is 0 Å². The Labute approximate surface area is 115 Å². The van der Waals surface area contributed by atoms with Crippen LogP contribution in [0.15, 0.2) is 12.2 Å². The molecule has 0 saturated carbocycles. The molecule has 0 aromatic rings. The van der Waals surface area contributed by atoms with Crippen molar-refractivity contribution in [2.45, 2.75) is 6.92 Å². The van der Waals surface area contributed by atoms with Crippen molar-refractivity contribution in [3.8, 4) is 0 Å². The molecule has 5 nitrogen and oxygen atoms in total. The molecule has 0 aromatic heterocycles. The summed E-state index contributed by atoms with van der Waals surface area (Å²) in [5.41, 5.74) is 1.21. The smallest absolute Gasteiger partial charge is 0.236 e. The zero-order valence-electron chi connectivity index (χ0n) is 11.9. The zero-order valence-corrected chi connectivity index (χ0v) is 11.9. The van der Waals surface area contributed by atoms with Gasteiger partial charge in [0.15, 0.2) is 0 Å². The second-order valence-corrected chi connectivity index (χ2v) is 5.50. The Kier molecular flexibility index (Phi) is 5.36. The number of nitrogens with zero attached hydrogens (tertiary/aromatic N) is 3. The largest absolute Gasteiger partial charge is 0.378 e. The first-order valence-corrected chi connectivity index (χ1v) is 7.10. The van der Waals surface area contributed by atoms with E-state index in [1.807, 2.05) is 4.90 Å². The van der Waals surface area contributed by atoms with Gasteiger partial charge in [0.25, 0.3) is 0 Å². The molecular weight excluding hydrogens is 242 g/mol. The fourth-order valence-corrected chi connectivity index (χ4v) is 2.59. The molecule has 108 valence electrons. The fourth-order valence-electron chi connectivity index (χ4n) is 2.59. The number of carbonyl (C=O) groups excluding carboxylic acids is 1. The Balaban J connectivity index is 1.69. The summed E-state index contributed by atoms with van der Waals surface area (Å²) in [5.74, 6) is 0.247. The molecular formula is C14H25N3O2. The normalized spacial score (nSPS) is 22.5. The third-order valence-electron chi connectivity index (χ3n) is 3.68. The van der Waals surface area contributed by atoms with E-state index in [4.69, 9.17) is 4.74 Å². The highest BCUT2D eigenvalue weighted by Gasteiger charge is 2.22. The van der Waals surface area contributed by atoms with Gasteiger partial charge >= 0.3 is 0 Å². The van der Waals surface area contributed by atoms with Crippen LogP contribution in [-0.2, 0) is 9.53 Å². The molecule has 5 heteroatoms. The van der Waals surface area contributed by atoms with Crippen LogP contribution in [0.2, 0.25) is 0 Å². The molecule has 2 saturated heterocycles. The first-order chi connectivity index (χ1) is 9.15. The van der Waals surface area contributed by atoms with Crippen molar-refractivity contribution in [2.75, 3.05) is 65.6 Å². The maximum atomic E-state index is 12.1. The van der Waals surface area contributed by atoms with Gasteiger partial charge in [-0.15, -0.1) is 0 Å². The van der Waals surface area contributed by atoms with E-state index in [9.17, 15) is 4.79 Å². The summed E-state index contributed by atoms with van der Waals surface area (Å²) < 4.78 is 5.27.